The van der Waals surface area contributed by atoms with Crippen LogP contribution in [0.3, 0.4) is 0 Å². The van der Waals surface area contributed by atoms with Crippen molar-refractivity contribution in [2.24, 2.45) is 5.92 Å². The lowest BCUT2D eigenvalue weighted by Gasteiger charge is -2.26. The van der Waals surface area contributed by atoms with Gasteiger partial charge >= 0.3 is 6.09 Å². The number of carbonyl (C=O) groups excluding carboxylic acids is 1. The van der Waals surface area contributed by atoms with Crippen molar-refractivity contribution in [2.75, 3.05) is 23.0 Å². The van der Waals surface area contributed by atoms with E-state index in [0.717, 1.165) is 18.0 Å². The third-order valence-electron chi connectivity index (χ3n) is 4.94. The van der Waals surface area contributed by atoms with Gasteiger partial charge in [-0.3, -0.25) is 4.90 Å². The molecule has 0 bridgehead atoms. The van der Waals surface area contributed by atoms with Gasteiger partial charge in [-0.25, -0.2) is 4.79 Å². The molecular formula is C17H25N3O2. The molecule has 2 aliphatic rings. The Morgan fingerprint density at radius 2 is 1.86 bits per heavy atom. The maximum Gasteiger partial charge on any atom is 0.414 e. The molecule has 1 heterocycles. The summed E-state index contributed by atoms with van der Waals surface area (Å²) < 4.78 is 5.26. The van der Waals surface area contributed by atoms with E-state index in [1.807, 2.05) is 6.07 Å². The van der Waals surface area contributed by atoms with Crippen LogP contribution in [0.1, 0.15) is 44.9 Å². The number of carbonyl (C=O) groups is 1. The predicted molar refractivity (Wildman–Crippen MR) is 88.7 cm³/mol. The minimum Gasteiger partial charge on any atom is -0.447 e. The summed E-state index contributed by atoms with van der Waals surface area (Å²) in [5.41, 5.74) is 13.4. The fourth-order valence-corrected chi connectivity index (χ4v) is 3.61. The summed E-state index contributed by atoms with van der Waals surface area (Å²) in [5, 5.41) is 0. The van der Waals surface area contributed by atoms with E-state index in [9.17, 15) is 4.79 Å². The molecule has 1 aliphatic carbocycles. The zero-order valence-electron chi connectivity index (χ0n) is 13.0. The van der Waals surface area contributed by atoms with Crippen molar-refractivity contribution in [3.05, 3.63) is 18.2 Å². The van der Waals surface area contributed by atoms with Crippen LogP contribution in [-0.2, 0) is 4.74 Å². The van der Waals surface area contributed by atoms with Crippen LogP contribution >= 0.6 is 0 Å². The van der Waals surface area contributed by atoms with E-state index in [4.69, 9.17) is 16.2 Å². The van der Waals surface area contributed by atoms with Crippen LogP contribution in [0.5, 0.6) is 0 Å². The van der Waals surface area contributed by atoms with E-state index in [1.54, 1.807) is 17.0 Å². The van der Waals surface area contributed by atoms with Crippen LogP contribution in [-0.4, -0.2) is 18.7 Å². The average molecular weight is 303 g/mol. The zero-order chi connectivity index (χ0) is 15.5. The first-order valence-corrected chi connectivity index (χ1v) is 8.26. The lowest BCUT2D eigenvalue weighted by Crippen LogP contribution is -2.34. The Labute approximate surface area is 131 Å². The first-order valence-electron chi connectivity index (χ1n) is 8.26. The van der Waals surface area contributed by atoms with Crippen LogP contribution in [0.4, 0.5) is 21.9 Å². The SMILES string of the molecule is Nc1ccc(N2C(=O)OCC2CCC2CCCCC2)cc1N. The highest BCUT2D eigenvalue weighted by atomic mass is 16.6. The molecule has 5 nitrogen and oxygen atoms in total. The van der Waals surface area contributed by atoms with Gasteiger partial charge in [0.05, 0.1) is 17.4 Å². The second-order valence-corrected chi connectivity index (χ2v) is 6.50. The molecule has 0 radical (unpaired) electrons. The lowest BCUT2D eigenvalue weighted by molar-refractivity contribution is 0.178. The first-order chi connectivity index (χ1) is 10.6. The van der Waals surface area contributed by atoms with Crippen LogP contribution in [0.2, 0.25) is 0 Å². The Morgan fingerprint density at radius 1 is 1.09 bits per heavy atom. The number of nitrogens with zero attached hydrogens (tertiary/aromatic N) is 1. The number of cyclic esters (lactones) is 1. The van der Waals surface area contributed by atoms with E-state index in [2.05, 4.69) is 0 Å². The predicted octanol–water partition coefficient (Wildman–Crippen LogP) is 3.54. The van der Waals surface area contributed by atoms with Crippen molar-refractivity contribution in [3.63, 3.8) is 0 Å². The van der Waals surface area contributed by atoms with Crippen molar-refractivity contribution in [1.29, 1.82) is 0 Å². The van der Waals surface area contributed by atoms with Crippen molar-refractivity contribution < 1.29 is 9.53 Å². The molecule has 1 aliphatic heterocycles. The molecule has 0 aromatic heterocycles. The number of nitrogen functional groups attached to an aromatic ring is 2. The molecule has 22 heavy (non-hydrogen) atoms. The summed E-state index contributed by atoms with van der Waals surface area (Å²) in [6.07, 6.45) is 8.61. The molecule has 1 unspecified atom stereocenters. The fraction of sp³-hybridized carbons (Fsp3) is 0.588. The molecule has 4 N–H and O–H groups in total. The van der Waals surface area contributed by atoms with E-state index < -0.39 is 0 Å². The number of benzene rings is 1. The van der Waals surface area contributed by atoms with Gasteiger partial charge in [0.1, 0.15) is 6.61 Å². The smallest absolute Gasteiger partial charge is 0.414 e. The Bertz CT molecular complexity index is 541. The third-order valence-corrected chi connectivity index (χ3v) is 4.94. The molecule has 3 rings (SSSR count). The number of nitrogens with two attached hydrogens (primary N) is 2. The van der Waals surface area contributed by atoms with Gasteiger partial charge in [-0.15, -0.1) is 0 Å². The molecule has 1 atom stereocenters. The molecule has 120 valence electrons. The van der Waals surface area contributed by atoms with Gasteiger partial charge in [0.2, 0.25) is 0 Å². The highest BCUT2D eigenvalue weighted by Gasteiger charge is 2.34. The number of rotatable bonds is 4. The van der Waals surface area contributed by atoms with Gasteiger partial charge in [-0.1, -0.05) is 32.1 Å². The summed E-state index contributed by atoms with van der Waals surface area (Å²) in [5.74, 6) is 0.808. The number of hydrogen-bond donors (Lipinski definition) is 2. The fourth-order valence-electron chi connectivity index (χ4n) is 3.61. The van der Waals surface area contributed by atoms with Crippen LogP contribution in [0, 0.1) is 5.92 Å². The molecular weight excluding hydrogens is 278 g/mol. The van der Waals surface area contributed by atoms with Crippen molar-refractivity contribution in [1.82, 2.24) is 0 Å². The Hall–Kier alpha value is -1.91. The normalized spacial score (nSPS) is 22.8. The second kappa shape index (κ2) is 6.46. The topological polar surface area (TPSA) is 81.6 Å². The molecule has 1 saturated heterocycles. The van der Waals surface area contributed by atoms with Crippen LogP contribution in [0.15, 0.2) is 18.2 Å². The first kappa shape index (κ1) is 15.0. The van der Waals surface area contributed by atoms with Crippen molar-refractivity contribution in [3.8, 4) is 0 Å². The highest BCUT2D eigenvalue weighted by molar-refractivity contribution is 5.91. The average Bonchev–Trinajstić information content (AvgIpc) is 2.90. The summed E-state index contributed by atoms with van der Waals surface area (Å²) in [6, 6.07) is 5.45. The molecule has 2 fully saturated rings. The standard InChI is InChI=1S/C17H25N3O2/c18-15-9-8-13(10-16(15)19)20-14(11-22-17(20)21)7-6-12-4-2-1-3-5-12/h8-10,12,14H,1-7,11,18-19H2. The van der Waals surface area contributed by atoms with E-state index in [-0.39, 0.29) is 12.1 Å². The minimum atomic E-state index is -0.280. The number of ether oxygens (including phenoxy) is 1. The zero-order valence-corrected chi connectivity index (χ0v) is 13.0. The molecule has 1 amide bonds. The lowest BCUT2D eigenvalue weighted by atomic mass is 9.85. The van der Waals surface area contributed by atoms with E-state index in [0.29, 0.717) is 18.0 Å². The van der Waals surface area contributed by atoms with Crippen molar-refractivity contribution >= 4 is 23.2 Å². The number of anilines is 3. The van der Waals surface area contributed by atoms with Gasteiger partial charge in [0, 0.05) is 5.69 Å². The maximum absolute atomic E-state index is 12.1. The van der Waals surface area contributed by atoms with Crippen LogP contribution in [0.25, 0.3) is 0 Å². The van der Waals surface area contributed by atoms with Gasteiger partial charge < -0.3 is 16.2 Å². The molecule has 1 aromatic rings. The summed E-state index contributed by atoms with van der Waals surface area (Å²) in [7, 11) is 0. The number of amides is 1. The largest absolute Gasteiger partial charge is 0.447 e. The second-order valence-electron chi connectivity index (χ2n) is 6.50. The van der Waals surface area contributed by atoms with Crippen LogP contribution < -0.4 is 16.4 Å². The minimum absolute atomic E-state index is 0.109. The van der Waals surface area contributed by atoms with Gasteiger partial charge in [-0.2, -0.15) is 0 Å². The summed E-state index contributed by atoms with van der Waals surface area (Å²) >= 11 is 0. The third kappa shape index (κ3) is 3.13. The van der Waals surface area contributed by atoms with E-state index >= 15 is 0 Å². The Balaban J connectivity index is 1.67. The highest BCUT2D eigenvalue weighted by Crippen LogP contribution is 2.32. The van der Waals surface area contributed by atoms with E-state index in [1.165, 1.54) is 38.5 Å². The monoisotopic (exact) mass is 303 g/mol. The van der Waals surface area contributed by atoms with Gasteiger partial charge in [0.25, 0.3) is 0 Å². The summed E-state index contributed by atoms with van der Waals surface area (Å²) in [6.45, 7) is 0.468. The quantitative estimate of drug-likeness (QED) is 0.834. The van der Waals surface area contributed by atoms with Gasteiger partial charge in [0.15, 0.2) is 0 Å². The van der Waals surface area contributed by atoms with Crippen molar-refractivity contribution in [2.45, 2.75) is 51.0 Å². The molecule has 1 aromatic carbocycles. The molecule has 1 saturated carbocycles. The number of hydrogen-bond acceptors (Lipinski definition) is 4. The summed E-state index contributed by atoms with van der Waals surface area (Å²) in [4.78, 5) is 13.8. The molecule has 0 spiro atoms. The Morgan fingerprint density at radius 3 is 2.59 bits per heavy atom. The Kier molecular flexibility index (Phi) is 4.41. The van der Waals surface area contributed by atoms with Gasteiger partial charge in [-0.05, 0) is 37.0 Å². The molecule has 5 heteroatoms. The maximum atomic E-state index is 12.1.